The summed E-state index contributed by atoms with van der Waals surface area (Å²) in [6.45, 7) is 0.00819. The van der Waals surface area contributed by atoms with E-state index < -0.39 is 17.5 Å². The summed E-state index contributed by atoms with van der Waals surface area (Å²) in [5, 5.41) is 9.21. The van der Waals surface area contributed by atoms with E-state index in [4.69, 9.17) is 14.3 Å². The van der Waals surface area contributed by atoms with Crippen molar-refractivity contribution in [2.45, 2.75) is 6.42 Å². The summed E-state index contributed by atoms with van der Waals surface area (Å²) in [5.74, 6) is -1.06. The van der Waals surface area contributed by atoms with Crippen LogP contribution >= 0.6 is 0 Å². The number of hydrogen-bond donors (Lipinski definition) is 1. The lowest BCUT2D eigenvalue weighted by atomic mass is 10.1. The fourth-order valence-corrected chi connectivity index (χ4v) is 1.94. The molecule has 2 aromatic rings. The van der Waals surface area contributed by atoms with Crippen LogP contribution in [0.1, 0.15) is 16.8 Å². The Kier molecular flexibility index (Phi) is 4.45. The number of nitrogens with zero attached hydrogens (tertiary/aromatic N) is 1. The average Bonchev–Trinajstić information content (AvgIpc) is 2.50. The maximum absolute atomic E-state index is 12.2. The number of carboxylic acid groups (broad SMARTS) is 1. The maximum Gasteiger partial charge on any atom is 0.349 e. The van der Waals surface area contributed by atoms with E-state index in [1.807, 2.05) is 0 Å². The normalized spacial score (nSPS) is 10.5. The molecule has 116 valence electrons. The van der Waals surface area contributed by atoms with Crippen LogP contribution in [-0.4, -0.2) is 42.6 Å². The Morgan fingerprint density at radius 3 is 2.68 bits per heavy atom. The lowest BCUT2D eigenvalue weighted by molar-refractivity contribution is -0.137. The van der Waals surface area contributed by atoms with E-state index in [2.05, 4.69) is 0 Å². The van der Waals surface area contributed by atoms with Crippen LogP contribution in [0.2, 0.25) is 0 Å². The molecule has 0 aliphatic carbocycles. The van der Waals surface area contributed by atoms with Crippen LogP contribution in [0.15, 0.2) is 33.5 Å². The fourth-order valence-electron chi connectivity index (χ4n) is 1.94. The molecule has 0 aliphatic rings. The van der Waals surface area contributed by atoms with Gasteiger partial charge in [0.05, 0.1) is 13.5 Å². The molecule has 2 rings (SSSR count). The Morgan fingerprint density at radius 2 is 2.05 bits per heavy atom. The maximum atomic E-state index is 12.2. The first kappa shape index (κ1) is 15.6. The van der Waals surface area contributed by atoms with E-state index in [1.54, 1.807) is 18.2 Å². The molecule has 1 amide bonds. The molecular weight excluding hydrogens is 290 g/mol. The molecule has 7 heteroatoms. The second kappa shape index (κ2) is 6.30. The molecule has 1 heterocycles. The van der Waals surface area contributed by atoms with E-state index in [1.165, 1.54) is 25.1 Å². The number of rotatable bonds is 5. The second-order valence-electron chi connectivity index (χ2n) is 4.72. The van der Waals surface area contributed by atoms with E-state index in [0.717, 1.165) is 0 Å². The number of hydrogen-bond acceptors (Lipinski definition) is 5. The number of ether oxygens (including phenoxy) is 1. The first-order valence-corrected chi connectivity index (χ1v) is 6.51. The summed E-state index contributed by atoms with van der Waals surface area (Å²) in [6.07, 6.45) is -0.196. The molecule has 7 nitrogen and oxygen atoms in total. The van der Waals surface area contributed by atoms with Crippen LogP contribution in [-0.2, 0) is 4.79 Å². The topological polar surface area (TPSA) is 97.0 Å². The largest absolute Gasteiger partial charge is 0.497 e. The number of benzene rings is 1. The van der Waals surface area contributed by atoms with Crippen molar-refractivity contribution in [2.75, 3.05) is 20.7 Å². The van der Waals surface area contributed by atoms with Gasteiger partial charge in [-0.25, -0.2) is 4.79 Å². The zero-order chi connectivity index (χ0) is 16.3. The summed E-state index contributed by atoms with van der Waals surface area (Å²) in [7, 11) is 2.93. The zero-order valence-electron chi connectivity index (χ0n) is 12.2. The van der Waals surface area contributed by atoms with Gasteiger partial charge in [-0.3, -0.25) is 9.59 Å². The molecule has 0 bridgehead atoms. The van der Waals surface area contributed by atoms with Gasteiger partial charge < -0.3 is 19.2 Å². The summed E-state index contributed by atoms with van der Waals surface area (Å²) in [4.78, 5) is 35.8. The van der Waals surface area contributed by atoms with Crippen LogP contribution in [0.25, 0.3) is 11.0 Å². The molecule has 0 saturated heterocycles. The predicted octanol–water partition coefficient (Wildman–Crippen LogP) is 1.35. The number of carbonyl (C=O) groups excluding carboxylic acids is 1. The van der Waals surface area contributed by atoms with Crippen molar-refractivity contribution in [1.29, 1.82) is 0 Å². The van der Waals surface area contributed by atoms with E-state index in [-0.39, 0.29) is 18.5 Å². The summed E-state index contributed by atoms with van der Waals surface area (Å²) in [5.41, 5.74) is -0.590. The van der Waals surface area contributed by atoms with Gasteiger partial charge in [0.15, 0.2) is 0 Å². The first-order valence-electron chi connectivity index (χ1n) is 6.51. The Labute approximate surface area is 125 Å². The van der Waals surface area contributed by atoms with Gasteiger partial charge in [-0.1, -0.05) is 0 Å². The van der Waals surface area contributed by atoms with Gasteiger partial charge in [-0.2, -0.15) is 0 Å². The van der Waals surface area contributed by atoms with E-state index in [9.17, 15) is 14.4 Å². The van der Waals surface area contributed by atoms with Crippen LogP contribution in [0.4, 0.5) is 0 Å². The zero-order valence-corrected chi connectivity index (χ0v) is 12.2. The fraction of sp³-hybridized carbons (Fsp3) is 0.267. The minimum atomic E-state index is -1.02. The number of methoxy groups -OCH3 is 1. The van der Waals surface area contributed by atoms with Crippen molar-refractivity contribution in [3.63, 3.8) is 0 Å². The van der Waals surface area contributed by atoms with E-state index in [0.29, 0.717) is 16.7 Å². The monoisotopic (exact) mass is 305 g/mol. The van der Waals surface area contributed by atoms with Gasteiger partial charge in [0, 0.05) is 25.0 Å². The van der Waals surface area contributed by atoms with Crippen LogP contribution in [0.5, 0.6) is 5.75 Å². The van der Waals surface area contributed by atoms with Crippen molar-refractivity contribution in [3.05, 3.63) is 40.2 Å². The molecule has 0 spiro atoms. The van der Waals surface area contributed by atoms with Crippen molar-refractivity contribution in [3.8, 4) is 5.75 Å². The standard InChI is InChI=1S/C15H15NO6/c1-16(6-5-13(17)18)14(19)11-7-9-3-4-10(21-2)8-12(9)22-15(11)20/h3-4,7-8H,5-6H2,1-2H3,(H,17,18). The first-order chi connectivity index (χ1) is 10.4. The van der Waals surface area contributed by atoms with Gasteiger partial charge in [0.1, 0.15) is 16.9 Å². The van der Waals surface area contributed by atoms with Crippen LogP contribution in [0.3, 0.4) is 0 Å². The molecule has 0 radical (unpaired) electrons. The molecule has 1 N–H and O–H groups in total. The third kappa shape index (κ3) is 3.25. The quantitative estimate of drug-likeness (QED) is 0.837. The van der Waals surface area contributed by atoms with Crippen molar-refractivity contribution in [1.82, 2.24) is 4.90 Å². The highest BCUT2D eigenvalue weighted by Gasteiger charge is 2.18. The number of fused-ring (bicyclic) bond motifs is 1. The van der Waals surface area contributed by atoms with Gasteiger partial charge in [-0.05, 0) is 18.2 Å². The molecule has 22 heavy (non-hydrogen) atoms. The van der Waals surface area contributed by atoms with Gasteiger partial charge in [0.25, 0.3) is 5.91 Å². The third-order valence-corrected chi connectivity index (χ3v) is 3.18. The average molecular weight is 305 g/mol. The molecule has 0 atom stereocenters. The van der Waals surface area contributed by atoms with Crippen molar-refractivity contribution >= 4 is 22.8 Å². The number of aliphatic carboxylic acids is 1. The van der Waals surface area contributed by atoms with E-state index >= 15 is 0 Å². The minimum absolute atomic E-state index is 0.00819. The smallest absolute Gasteiger partial charge is 0.349 e. The molecule has 0 unspecified atom stereocenters. The minimum Gasteiger partial charge on any atom is -0.497 e. The number of carbonyl (C=O) groups is 2. The Hall–Kier alpha value is -2.83. The summed E-state index contributed by atoms with van der Waals surface area (Å²) >= 11 is 0. The molecule has 1 aromatic carbocycles. The Balaban J connectivity index is 2.35. The van der Waals surface area contributed by atoms with Crippen molar-refractivity contribution in [2.24, 2.45) is 0 Å². The lowest BCUT2D eigenvalue weighted by Gasteiger charge is -2.15. The van der Waals surface area contributed by atoms with Gasteiger partial charge >= 0.3 is 11.6 Å². The lowest BCUT2D eigenvalue weighted by Crippen LogP contribution is -2.32. The van der Waals surface area contributed by atoms with Crippen molar-refractivity contribution < 1.29 is 23.8 Å². The molecule has 0 saturated carbocycles. The highest BCUT2D eigenvalue weighted by molar-refractivity contribution is 5.96. The Bertz CT molecular complexity index is 779. The Morgan fingerprint density at radius 1 is 1.32 bits per heavy atom. The summed E-state index contributed by atoms with van der Waals surface area (Å²) in [6, 6.07) is 6.34. The van der Waals surface area contributed by atoms with Crippen LogP contribution in [0, 0.1) is 0 Å². The van der Waals surface area contributed by atoms with Gasteiger partial charge in [0.2, 0.25) is 0 Å². The molecule has 0 fully saturated rings. The van der Waals surface area contributed by atoms with Gasteiger partial charge in [-0.15, -0.1) is 0 Å². The SMILES string of the molecule is COc1ccc2cc(C(=O)N(C)CCC(=O)O)c(=O)oc2c1. The highest BCUT2D eigenvalue weighted by Crippen LogP contribution is 2.20. The second-order valence-corrected chi connectivity index (χ2v) is 4.72. The number of amides is 1. The molecular formula is C15H15NO6. The highest BCUT2D eigenvalue weighted by atomic mass is 16.5. The number of carboxylic acids is 1. The predicted molar refractivity (Wildman–Crippen MR) is 78.2 cm³/mol. The third-order valence-electron chi connectivity index (χ3n) is 3.18. The molecule has 1 aromatic heterocycles. The summed E-state index contributed by atoms with van der Waals surface area (Å²) < 4.78 is 10.2. The molecule has 0 aliphatic heterocycles. The van der Waals surface area contributed by atoms with Crippen LogP contribution < -0.4 is 10.4 Å².